The Morgan fingerprint density at radius 3 is 2.79 bits per heavy atom. The molecule has 1 aromatic carbocycles. The summed E-state index contributed by atoms with van der Waals surface area (Å²) in [4.78, 5) is 2.19. The van der Waals surface area contributed by atoms with Crippen LogP contribution in [0.15, 0.2) is 58.7 Å². The van der Waals surface area contributed by atoms with Gasteiger partial charge in [-0.2, -0.15) is 5.10 Å². The third-order valence-corrected chi connectivity index (χ3v) is 5.03. The van der Waals surface area contributed by atoms with E-state index in [2.05, 4.69) is 22.1 Å². The lowest BCUT2D eigenvalue weighted by molar-refractivity contribution is 0.0910. The molecule has 3 heterocycles. The number of aliphatic hydroxyl groups excluding tert-OH is 1. The van der Waals surface area contributed by atoms with Crippen molar-refractivity contribution < 1.29 is 14.3 Å². The summed E-state index contributed by atoms with van der Waals surface area (Å²) in [5.74, 6) is 1.79. The number of aryl methyl sites for hydroxylation is 2. The lowest BCUT2D eigenvalue weighted by Crippen LogP contribution is -2.36. The highest BCUT2D eigenvalue weighted by Crippen LogP contribution is 2.26. The molecule has 1 aliphatic rings. The minimum absolute atomic E-state index is 0.465. The summed E-state index contributed by atoms with van der Waals surface area (Å²) in [5, 5.41) is 15.2. The van der Waals surface area contributed by atoms with E-state index in [1.807, 2.05) is 54.9 Å². The van der Waals surface area contributed by atoms with Crippen molar-refractivity contribution in [2.45, 2.75) is 33.0 Å². The topological polar surface area (TPSA) is 63.7 Å². The lowest BCUT2D eigenvalue weighted by Gasteiger charge is -2.27. The zero-order chi connectivity index (χ0) is 20.2. The van der Waals surface area contributed by atoms with Crippen LogP contribution in [0.1, 0.15) is 22.7 Å². The van der Waals surface area contributed by atoms with E-state index in [1.165, 1.54) is 5.57 Å². The van der Waals surface area contributed by atoms with Crippen LogP contribution < -0.4 is 4.74 Å². The highest BCUT2D eigenvalue weighted by atomic mass is 16.5. The fourth-order valence-electron chi connectivity index (χ4n) is 3.76. The second kappa shape index (κ2) is 8.68. The van der Waals surface area contributed by atoms with E-state index in [0.29, 0.717) is 32.8 Å². The van der Waals surface area contributed by atoms with E-state index in [9.17, 15) is 5.11 Å². The molecule has 0 amide bonds. The fraction of sp³-hybridized carbons (Fsp3) is 0.348. The summed E-state index contributed by atoms with van der Waals surface area (Å²) in [6.45, 7) is 6.83. The molecule has 6 nitrogen and oxygen atoms in total. The van der Waals surface area contributed by atoms with Crippen molar-refractivity contribution in [1.29, 1.82) is 0 Å². The van der Waals surface area contributed by atoms with Crippen LogP contribution in [-0.4, -0.2) is 45.6 Å². The Balaban J connectivity index is 1.46. The summed E-state index contributed by atoms with van der Waals surface area (Å²) >= 11 is 0. The van der Waals surface area contributed by atoms with Crippen LogP contribution >= 0.6 is 0 Å². The van der Waals surface area contributed by atoms with Gasteiger partial charge in [0.25, 0.3) is 0 Å². The van der Waals surface area contributed by atoms with Gasteiger partial charge in [0.1, 0.15) is 18.1 Å². The van der Waals surface area contributed by atoms with Crippen molar-refractivity contribution in [3.8, 4) is 5.75 Å². The highest BCUT2D eigenvalue weighted by Gasteiger charge is 2.19. The van der Waals surface area contributed by atoms with E-state index in [1.54, 1.807) is 6.26 Å². The molecule has 1 aliphatic heterocycles. The Labute approximate surface area is 171 Å². The van der Waals surface area contributed by atoms with Crippen molar-refractivity contribution in [1.82, 2.24) is 14.7 Å². The van der Waals surface area contributed by atoms with Gasteiger partial charge < -0.3 is 14.3 Å². The third-order valence-electron chi connectivity index (χ3n) is 5.03. The van der Waals surface area contributed by atoms with Gasteiger partial charge in [-0.1, -0.05) is 18.2 Å². The van der Waals surface area contributed by atoms with Crippen LogP contribution in [0.25, 0.3) is 6.08 Å². The van der Waals surface area contributed by atoms with Crippen LogP contribution in [0.3, 0.4) is 0 Å². The van der Waals surface area contributed by atoms with Gasteiger partial charge in [0.05, 0.1) is 31.2 Å². The Hall–Kier alpha value is -2.83. The first-order valence-corrected chi connectivity index (χ1v) is 9.92. The zero-order valence-corrected chi connectivity index (χ0v) is 16.9. The predicted molar refractivity (Wildman–Crippen MR) is 112 cm³/mol. The Morgan fingerprint density at radius 2 is 2.03 bits per heavy atom. The molecule has 0 saturated heterocycles. The number of aliphatic hydroxyl groups is 1. The van der Waals surface area contributed by atoms with Crippen molar-refractivity contribution in [2.75, 3.05) is 19.7 Å². The summed E-state index contributed by atoms with van der Waals surface area (Å²) in [5.41, 5.74) is 4.29. The number of benzene rings is 1. The van der Waals surface area contributed by atoms with Gasteiger partial charge in [-0.25, -0.2) is 0 Å². The minimum atomic E-state index is -0.541. The molecular weight excluding hydrogens is 366 g/mol. The Kier molecular flexibility index (Phi) is 5.83. The maximum Gasteiger partial charge on any atom is 0.127 e. The first-order chi connectivity index (χ1) is 14.1. The summed E-state index contributed by atoms with van der Waals surface area (Å²) in [6.07, 6.45) is 3.32. The van der Waals surface area contributed by atoms with Crippen LogP contribution in [0.5, 0.6) is 5.75 Å². The molecular formula is C23H27N3O3. The molecule has 0 unspecified atom stereocenters. The molecule has 0 radical (unpaired) electrons. The van der Waals surface area contributed by atoms with Gasteiger partial charge in [0, 0.05) is 24.3 Å². The lowest BCUT2D eigenvalue weighted by atomic mass is 10.1. The number of hydrogen-bond acceptors (Lipinski definition) is 5. The average molecular weight is 393 g/mol. The number of aromatic nitrogens is 2. The van der Waals surface area contributed by atoms with Crippen LogP contribution in [0.4, 0.5) is 0 Å². The third kappa shape index (κ3) is 4.96. The molecule has 3 aromatic rings. The number of para-hydroxylation sites is 1. The second-order valence-electron chi connectivity index (χ2n) is 7.64. The molecule has 0 saturated carbocycles. The standard InChI is InChI=1S/C23H27N3O3/c1-17-10-18(2)26(24-17)14-21(27)13-25(15-22-7-5-9-28-22)12-19-11-20-6-3-4-8-23(20)29-16-19/h3-11,21,27H,12-16H2,1-2H3/t21-/m0/s1. The number of ether oxygens (including phenoxy) is 1. The zero-order valence-electron chi connectivity index (χ0n) is 16.9. The van der Waals surface area contributed by atoms with E-state index < -0.39 is 6.10 Å². The average Bonchev–Trinajstić information content (AvgIpc) is 3.31. The van der Waals surface area contributed by atoms with Crippen LogP contribution in [-0.2, 0) is 13.1 Å². The summed E-state index contributed by atoms with van der Waals surface area (Å²) in [7, 11) is 0. The number of fused-ring (bicyclic) bond motifs is 1. The van der Waals surface area contributed by atoms with Gasteiger partial charge in [0.2, 0.25) is 0 Å². The largest absolute Gasteiger partial charge is 0.489 e. The molecule has 1 atom stereocenters. The minimum Gasteiger partial charge on any atom is -0.489 e. The first kappa shape index (κ1) is 19.5. The van der Waals surface area contributed by atoms with E-state index in [0.717, 1.165) is 28.5 Å². The molecule has 0 bridgehead atoms. The molecule has 4 rings (SSSR count). The predicted octanol–water partition coefficient (Wildman–Crippen LogP) is 3.43. The Morgan fingerprint density at radius 1 is 1.17 bits per heavy atom. The maximum atomic E-state index is 10.7. The molecule has 2 aromatic heterocycles. The molecule has 1 N–H and O–H groups in total. The van der Waals surface area contributed by atoms with Crippen molar-refractivity contribution >= 4 is 6.08 Å². The number of rotatable bonds is 8. The molecule has 6 heteroatoms. The normalized spacial score (nSPS) is 14.4. The number of nitrogens with zero attached hydrogens (tertiary/aromatic N) is 3. The van der Waals surface area contributed by atoms with E-state index >= 15 is 0 Å². The van der Waals surface area contributed by atoms with Crippen molar-refractivity contribution in [3.05, 3.63) is 77.0 Å². The molecule has 0 spiro atoms. The van der Waals surface area contributed by atoms with E-state index in [4.69, 9.17) is 9.15 Å². The van der Waals surface area contributed by atoms with Gasteiger partial charge in [-0.15, -0.1) is 0 Å². The summed E-state index contributed by atoms with van der Waals surface area (Å²) < 4.78 is 13.3. The first-order valence-electron chi connectivity index (χ1n) is 9.92. The Bertz CT molecular complexity index is 975. The van der Waals surface area contributed by atoms with Crippen molar-refractivity contribution in [3.63, 3.8) is 0 Å². The molecule has 152 valence electrons. The second-order valence-corrected chi connectivity index (χ2v) is 7.64. The highest BCUT2D eigenvalue weighted by molar-refractivity contribution is 5.62. The monoisotopic (exact) mass is 393 g/mol. The van der Waals surface area contributed by atoms with Gasteiger partial charge in [-0.05, 0) is 49.8 Å². The number of hydrogen-bond donors (Lipinski definition) is 1. The van der Waals surface area contributed by atoms with Crippen molar-refractivity contribution in [2.24, 2.45) is 0 Å². The van der Waals surface area contributed by atoms with E-state index in [-0.39, 0.29) is 0 Å². The number of furan rings is 1. The SMILES string of the molecule is Cc1cc(C)n(C[C@@H](O)CN(CC2=Cc3ccccc3OC2)Cc2ccco2)n1. The molecule has 0 aliphatic carbocycles. The smallest absolute Gasteiger partial charge is 0.127 e. The fourth-order valence-corrected chi connectivity index (χ4v) is 3.76. The summed E-state index contributed by atoms with van der Waals surface area (Å²) in [6, 6.07) is 13.9. The molecule has 29 heavy (non-hydrogen) atoms. The molecule has 0 fully saturated rings. The van der Waals surface area contributed by atoms with Gasteiger partial charge in [-0.3, -0.25) is 9.58 Å². The van der Waals surface area contributed by atoms with Crippen LogP contribution in [0, 0.1) is 13.8 Å². The van der Waals surface area contributed by atoms with Gasteiger partial charge >= 0.3 is 0 Å². The van der Waals surface area contributed by atoms with Gasteiger partial charge in [0.15, 0.2) is 0 Å². The maximum absolute atomic E-state index is 10.7. The van der Waals surface area contributed by atoms with Crippen LogP contribution in [0.2, 0.25) is 0 Å². The quantitative estimate of drug-likeness (QED) is 0.635.